The number of nitrogens with two attached hydrogens (primary N) is 2. The van der Waals surface area contributed by atoms with Gasteiger partial charge in [0.05, 0.1) is 0 Å². The van der Waals surface area contributed by atoms with Gasteiger partial charge in [-0.1, -0.05) is 18.2 Å². The van der Waals surface area contributed by atoms with Crippen molar-refractivity contribution in [2.24, 2.45) is 5.73 Å². The normalized spacial score (nSPS) is 10.2. The van der Waals surface area contributed by atoms with Crippen molar-refractivity contribution in [2.75, 3.05) is 5.73 Å². The van der Waals surface area contributed by atoms with E-state index in [0.29, 0.717) is 11.3 Å². The van der Waals surface area contributed by atoms with Crippen molar-refractivity contribution < 1.29 is 9.18 Å². The molecular weight excluding hydrogens is 219 g/mol. The van der Waals surface area contributed by atoms with Gasteiger partial charge >= 0.3 is 0 Å². The molecular formula is C13H11FN2O. The molecule has 0 aliphatic heterocycles. The van der Waals surface area contributed by atoms with E-state index >= 15 is 0 Å². The predicted octanol–water partition coefficient (Wildman–Crippen LogP) is 2.17. The molecule has 4 N–H and O–H groups in total. The number of rotatable bonds is 2. The van der Waals surface area contributed by atoms with E-state index in [-0.39, 0.29) is 5.82 Å². The summed E-state index contributed by atoms with van der Waals surface area (Å²) in [5.41, 5.74) is 13.3. The molecule has 0 heterocycles. The third-order valence-electron chi connectivity index (χ3n) is 2.49. The monoisotopic (exact) mass is 230 g/mol. The molecule has 1 amide bonds. The number of primary amides is 1. The fourth-order valence-electron chi connectivity index (χ4n) is 1.61. The topological polar surface area (TPSA) is 69.1 Å². The molecule has 0 spiro atoms. The van der Waals surface area contributed by atoms with Gasteiger partial charge < -0.3 is 11.5 Å². The number of anilines is 1. The Morgan fingerprint density at radius 1 is 1.06 bits per heavy atom. The molecule has 0 atom stereocenters. The molecule has 86 valence electrons. The van der Waals surface area contributed by atoms with E-state index in [1.54, 1.807) is 24.3 Å². The van der Waals surface area contributed by atoms with Crippen molar-refractivity contribution in [3.8, 4) is 11.1 Å². The minimum Gasteiger partial charge on any atom is -0.398 e. The summed E-state index contributed by atoms with van der Waals surface area (Å²) >= 11 is 0. The van der Waals surface area contributed by atoms with Crippen LogP contribution in [0.15, 0.2) is 42.5 Å². The zero-order valence-electron chi connectivity index (χ0n) is 8.98. The minimum atomic E-state index is -0.526. The molecule has 0 bridgehead atoms. The van der Waals surface area contributed by atoms with E-state index in [4.69, 9.17) is 11.5 Å². The number of halogens is 1. The largest absolute Gasteiger partial charge is 0.398 e. The average Bonchev–Trinajstić information content (AvgIpc) is 2.30. The molecule has 0 aliphatic carbocycles. The smallest absolute Gasteiger partial charge is 0.248 e. The second kappa shape index (κ2) is 4.25. The first-order valence-electron chi connectivity index (χ1n) is 5.03. The first-order chi connectivity index (χ1) is 8.08. The average molecular weight is 230 g/mol. The molecule has 0 aromatic heterocycles. The van der Waals surface area contributed by atoms with Crippen LogP contribution in [0.25, 0.3) is 11.1 Å². The third kappa shape index (κ3) is 2.25. The lowest BCUT2D eigenvalue weighted by Crippen LogP contribution is -2.11. The highest BCUT2D eigenvalue weighted by atomic mass is 19.1. The SMILES string of the molecule is NC(=O)c1ccc(-c2ccc(F)cc2)c(N)c1. The number of carbonyl (C=O) groups is 1. The Morgan fingerprint density at radius 2 is 1.71 bits per heavy atom. The summed E-state index contributed by atoms with van der Waals surface area (Å²) < 4.78 is 12.8. The molecule has 0 aliphatic rings. The van der Waals surface area contributed by atoms with Crippen LogP contribution >= 0.6 is 0 Å². The molecule has 0 unspecified atom stereocenters. The number of benzene rings is 2. The maximum Gasteiger partial charge on any atom is 0.248 e. The zero-order valence-corrected chi connectivity index (χ0v) is 8.98. The van der Waals surface area contributed by atoms with Gasteiger partial charge in [0, 0.05) is 16.8 Å². The Hall–Kier alpha value is -2.36. The van der Waals surface area contributed by atoms with Crippen molar-refractivity contribution in [1.29, 1.82) is 0 Å². The van der Waals surface area contributed by atoms with Crippen LogP contribution in [0, 0.1) is 5.82 Å². The minimum absolute atomic E-state index is 0.305. The summed E-state index contributed by atoms with van der Waals surface area (Å²) in [6.45, 7) is 0. The molecule has 3 nitrogen and oxygen atoms in total. The fourth-order valence-corrected chi connectivity index (χ4v) is 1.61. The van der Waals surface area contributed by atoms with Crippen LogP contribution in [-0.4, -0.2) is 5.91 Å². The Balaban J connectivity index is 2.46. The highest BCUT2D eigenvalue weighted by Gasteiger charge is 2.06. The zero-order chi connectivity index (χ0) is 12.4. The standard InChI is InChI=1S/C13H11FN2O/c14-10-4-1-8(2-5-10)11-6-3-9(13(16)17)7-12(11)15/h1-7H,15H2,(H2,16,17). The Bertz CT molecular complexity index is 564. The van der Waals surface area contributed by atoms with Gasteiger partial charge in [-0.15, -0.1) is 0 Å². The van der Waals surface area contributed by atoms with Crippen molar-refractivity contribution in [3.63, 3.8) is 0 Å². The highest BCUT2D eigenvalue weighted by Crippen LogP contribution is 2.26. The quantitative estimate of drug-likeness (QED) is 0.776. The summed E-state index contributed by atoms with van der Waals surface area (Å²) in [5, 5.41) is 0. The van der Waals surface area contributed by atoms with Crippen LogP contribution in [0.3, 0.4) is 0 Å². The maximum absolute atomic E-state index is 12.8. The van der Waals surface area contributed by atoms with Crippen LogP contribution < -0.4 is 11.5 Å². The van der Waals surface area contributed by atoms with E-state index in [2.05, 4.69) is 0 Å². The number of hydrogen-bond donors (Lipinski definition) is 2. The highest BCUT2D eigenvalue weighted by molar-refractivity contribution is 5.95. The van der Waals surface area contributed by atoms with Crippen LogP contribution in [-0.2, 0) is 0 Å². The maximum atomic E-state index is 12.8. The lowest BCUT2D eigenvalue weighted by Gasteiger charge is -2.07. The molecule has 17 heavy (non-hydrogen) atoms. The first kappa shape index (κ1) is 11.1. The van der Waals surface area contributed by atoms with Crippen molar-refractivity contribution in [2.45, 2.75) is 0 Å². The van der Waals surface area contributed by atoms with Gasteiger partial charge in [0.25, 0.3) is 0 Å². The number of hydrogen-bond acceptors (Lipinski definition) is 2. The predicted molar refractivity (Wildman–Crippen MR) is 64.8 cm³/mol. The summed E-state index contributed by atoms with van der Waals surface area (Å²) in [6, 6.07) is 10.8. The van der Waals surface area contributed by atoms with Gasteiger partial charge in [-0.05, 0) is 29.8 Å². The summed E-state index contributed by atoms with van der Waals surface area (Å²) in [5.74, 6) is -0.830. The third-order valence-corrected chi connectivity index (χ3v) is 2.49. The second-order valence-corrected chi connectivity index (χ2v) is 3.67. The summed E-state index contributed by atoms with van der Waals surface area (Å²) in [7, 11) is 0. The van der Waals surface area contributed by atoms with E-state index in [0.717, 1.165) is 11.1 Å². The van der Waals surface area contributed by atoms with E-state index in [9.17, 15) is 9.18 Å². The molecule has 0 saturated carbocycles. The van der Waals surface area contributed by atoms with Gasteiger partial charge in [-0.2, -0.15) is 0 Å². The van der Waals surface area contributed by atoms with Crippen molar-refractivity contribution >= 4 is 11.6 Å². The molecule has 2 aromatic rings. The molecule has 4 heteroatoms. The van der Waals surface area contributed by atoms with Crippen LogP contribution in [0.5, 0.6) is 0 Å². The first-order valence-corrected chi connectivity index (χ1v) is 5.03. The number of amides is 1. The Kier molecular flexibility index (Phi) is 2.78. The van der Waals surface area contributed by atoms with Gasteiger partial charge in [-0.25, -0.2) is 4.39 Å². The van der Waals surface area contributed by atoms with Gasteiger partial charge in [-0.3, -0.25) is 4.79 Å². The molecule has 0 fully saturated rings. The van der Waals surface area contributed by atoms with E-state index in [1.807, 2.05) is 0 Å². The van der Waals surface area contributed by atoms with Crippen molar-refractivity contribution in [1.82, 2.24) is 0 Å². The van der Waals surface area contributed by atoms with Crippen LogP contribution in [0.4, 0.5) is 10.1 Å². The van der Waals surface area contributed by atoms with Crippen LogP contribution in [0.2, 0.25) is 0 Å². The molecule has 2 aromatic carbocycles. The second-order valence-electron chi connectivity index (χ2n) is 3.67. The van der Waals surface area contributed by atoms with Gasteiger partial charge in [0.1, 0.15) is 5.82 Å². The summed E-state index contributed by atoms with van der Waals surface area (Å²) in [4.78, 5) is 11.0. The summed E-state index contributed by atoms with van der Waals surface area (Å²) in [6.07, 6.45) is 0. The van der Waals surface area contributed by atoms with Crippen LogP contribution in [0.1, 0.15) is 10.4 Å². The van der Waals surface area contributed by atoms with E-state index < -0.39 is 5.91 Å². The molecule has 2 rings (SSSR count). The van der Waals surface area contributed by atoms with Crippen molar-refractivity contribution in [3.05, 3.63) is 53.8 Å². The Morgan fingerprint density at radius 3 is 2.24 bits per heavy atom. The molecule has 0 radical (unpaired) electrons. The molecule has 0 saturated heterocycles. The lowest BCUT2D eigenvalue weighted by molar-refractivity contribution is 0.100. The lowest BCUT2D eigenvalue weighted by atomic mass is 10.0. The van der Waals surface area contributed by atoms with E-state index in [1.165, 1.54) is 18.2 Å². The number of nitrogen functional groups attached to an aromatic ring is 1. The van der Waals surface area contributed by atoms with Gasteiger partial charge in [0.2, 0.25) is 5.91 Å². The number of carbonyl (C=O) groups excluding carboxylic acids is 1. The Labute approximate surface area is 97.9 Å². The fraction of sp³-hybridized carbons (Fsp3) is 0. The van der Waals surface area contributed by atoms with Gasteiger partial charge in [0.15, 0.2) is 0 Å².